The number of urea groups is 1. The van der Waals surface area contributed by atoms with E-state index in [2.05, 4.69) is 66.9 Å². The summed E-state index contributed by atoms with van der Waals surface area (Å²) in [6.45, 7) is 17.4. The highest BCUT2D eigenvalue weighted by atomic mass is 32.1. The quantitative estimate of drug-likeness (QED) is 0.0949. The van der Waals surface area contributed by atoms with Gasteiger partial charge < -0.3 is 38.8 Å². The fourth-order valence-corrected chi connectivity index (χ4v) is 11.3. The first-order valence-corrected chi connectivity index (χ1v) is 25.3. The van der Waals surface area contributed by atoms with E-state index in [-0.39, 0.29) is 42.8 Å². The van der Waals surface area contributed by atoms with E-state index in [4.69, 9.17) is 24.2 Å². The first kappa shape index (κ1) is 50.2. The molecule has 68 heavy (non-hydrogen) atoms. The monoisotopic (exact) mass is 969 g/mol. The molecule has 2 fully saturated rings. The lowest BCUT2D eigenvalue weighted by molar-refractivity contribution is -0.158. The second-order valence-corrected chi connectivity index (χ2v) is 22.3. The number of nitrogens with zero attached hydrogens (tertiary/aromatic N) is 7. The van der Waals surface area contributed by atoms with Crippen LogP contribution in [0.3, 0.4) is 0 Å². The van der Waals surface area contributed by atoms with Crippen LogP contribution in [0.5, 0.6) is 0 Å². The Bertz CT molecular complexity index is 2590. The second-order valence-electron chi connectivity index (χ2n) is 19.6. The molecule has 4 atom stereocenters. The molecule has 4 aromatic rings. The topological polar surface area (TPSA) is 181 Å². The molecule has 0 aliphatic carbocycles. The molecule has 6 heterocycles. The summed E-state index contributed by atoms with van der Waals surface area (Å²) in [6.07, 6.45) is 3.19. The SMILES string of the molecule is C=C(OC)C(=O)N1CC(N(C)C(=O)N(C)[C@H](C(=O)N[C@H]2Cc3nc(cs3)-c3ccc4c(c3)c(c(-c3cccnc3[C@H](C)OC)n4CC)CC(C)(C)COC(=O)[C@@]3([SiH3])CCCN(N3)C2=O)C(C)C)C1. The van der Waals surface area contributed by atoms with Crippen LogP contribution in [0.2, 0.25) is 0 Å². The zero-order chi connectivity index (χ0) is 49.4. The molecule has 366 valence electrons. The van der Waals surface area contributed by atoms with Crippen LogP contribution in [0.4, 0.5) is 4.79 Å². The number of hydrogen-bond donors (Lipinski definition) is 2. The van der Waals surface area contributed by atoms with Crippen LogP contribution in [-0.4, -0.2) is 152 Å². The summed E-state index contributed by atoms with van der Waals surface area (Å²) in [4.78, 5) is 84.5. The highest BCUT2D eigenvalue weighted by molar-refractivity contribution is 7.10. The van der Waals surface area contributed by atoms with Crippen LogP contribution >= 0.6 is 11.3 Å². The molecular weight excluding hydrogens is 903 g/mol. The van der Waals surface area contributed by atoms with E-state index in [0.717, 1.165) is 44.7 Å². The molecule has 17 nitrogen and oxygen atoms in total. The molecule has 0 radical (unpaired) electrons. The number of ether oxygens (including phenoxy) is 3. The Morgan fingerprint density at radius 1 is 1.13 bits per heavy atom. The summed E-state index contributed by atoms with van der Waals surface area (Å²) in [7, 11) is 6.62. The van der Waals surface area contributed by atoms with Gasteiger partial charge in [0.15, 0.2) is 5.76 Å². The molecule has 2 N–H and O–H groups in total. The molecule has 3 aromatic heterocycles. The summed E-state index contributed by atoms with van der Waals surface area (Å²) in [6, 6.07) is 7.65. The van der Waals surface area contributed by atoms with Crippen molar-refractivity contribution in [3.63, 3.8) is 0 Å². The zero-order valence-electron chi connectivity index (χ0n) is 41.3. The first-order valence-electron chi connectivity index (χ1n) is 23.4. The van der Waals surface area contributed by atoms with Gasteiger partial charge in [-0.15, -0.1) is 11.3 Å². The van der Waals surface area contributed by atoms with Crippen molar-refractivity contribution in [1.29, 1.82) is 0 Å². The number of amides is 5. The molecule has 3 aliphatic rings. The summed E-state index contributed by atoms with van der Waals surface area (Å²) in [5.41, 5.74) is 9.36. The van der Waals surface area contributed by atoms with Crippen molar-refractivity contribution in [2.24, 2.45) is 11.3 Å². The van der Waals surface area contributed by atoms with Gasteiger partial charge in [0.1, 0.15) is 17.2 Å². The third kappa shape index (κ3) is 9.93. The van der Waals surface area contributed by atoms with E-state index in [1.165, 1.54) is 33.3 Å². The van der Waals surface area contributed by atoms with Crippen molar-refractivity contribution < 1.29 is 38.2 Å². The number of rotatable bonds is 11. The Labute approximate surface area is 405 Å². The van der Waals surface area contributed by atoms with Gasteiger partial charge >= 0.3 is 12.0 Å². The first-order chi connectivity index (χ1) is 32.2. The highest BCUT2D eigenvalue weighted by Gasteiger charge is 2.44. The summed E-state index contributed by atoms with van der Waals surface area (Å²) >= 11 is 1.40. The number of likely N-dealkylation sites (tertiary alicyclic amines) is 1. The van der Waals surface area contributed by atoms with Gasteiger partial charge in [-0.1, -0.05) is 40.3 Å². The van der Waals surface area contributed by atoms with Crippen LogP contribution in [0, 0.1) is 11.3 Å². The largest absolute Gasteiger partial charge is 0.492 e. The Hall–Kier alpha value is -5.63. The van der Waals surface area contributed by atoms with Gasteiger partial charge in [-0.05, 0) is 68.9 Å². The molecule has 0 saturated carbocycles. The Kier molecular flexibility index (Phi) is 14.9. The van der Waals surface area contributed by atoms with Crippen LogP contribution in [0.25, 0.3) is 33.4 Å². The molecule has 1 aromatic carbocycles. The van der Waals surface area contributed by atoms with Gasteiger partial charge in [0.2, 0.25) is 5.91 Å². The lowest BCUT2D eigenvalue weighted by Gasteiger charge is -2.45. The molecule has 5 amide bonds. The standard InChI is InChI=1S/C49H67N9O8SSi/c1-12-57-38-17-16-31-21-34(38)35(42(57)33-15-13-19-50-40(33)29(4)64-10)23-48(6,7)27-66-46(62)49(68)18-14-20-58(53-49)45(61)36(22-39-51-37(31)26-67-39)52-43(59)41(28(2)3)55(9)47(63)54(8)32-24-56(25-32)44(60)30(5)65-11/h13,15-17,19,21,26,28-29,32,36,41,53H,5,12,14,18,20,22-25,27H2,1-4,6-11,68H3,(H,52,59)/t29-,36-,41-,49-/m0/s1. The van der Waals surface area contributed by atoms with Crippen molar-refractivity contribution in [3.8, 4) is 22.5 Å². The van der Waals surface area contributed by atoms with E-state index in [1.807, 2.05) is 32.2 Å². The number of carbonyl (C=O) groups excluding carboxylic acids is 5. The predicted molar refractivity (Wildman–Crippen MR) is 264 cm³/mol. The average Bonchev–Trinajstić information content (AvgIpc) is 3.89. The Morgan fingerprint density at radius 2 is 1.87 bits per heavy atom. The van der Waals surface area contributed by atoms with Crippen molar-refractivity contribution >= 4 is 62.2 Å². The summed E-state index contributed by atoms with van der Waals surface area (Å²) in [5, 5.41) is 7.03. The number of esters is 1. The average molecular weight is 970 g/mol. The molecule has 2 saturated heterocycles. The van der Waals surface area contributed by atoms with Gasteiger partial charge in [-0.2, -0.15) is 0 Å². The van der Waals surface area contributed by atoms with Crippen LogP contribution < -0.4 is 10.7 Å². The van der Waals surface area contributed by atoms with Crippen LogP contribution in [-0.2, 0) is 52.8 Å². The number of methoxy groups -OCH3 is 2. The lowest BCUT2D eigenvalue weighted by Crippen LogP contribution is -2.68. The number of cyclic esters (lactones) is 1. The molecule has 19 heteroatoms. The summed E-state index contributed by atoms with van der Waals surface area (Å²) in [5.74, 6) is -2.03. The van der Waals surface area contributed by atoms with E-state index < -0.39 is 46.5 Å². The maximum atomic E-state index is 14.8. The minimum Gasteiger partial charge on any atom is -0.492 e. The molecule has 0 spiro atoms. The zero-order valence-corrected chi connectivity index (χ0v) is 44.1. The van der Waals surface area contributed by atoms with Crippen molar-refractivity contribution in [3.05, 3.63) is 70.5 Å². The van der Waals surface area contributed by atoms with Gasteiger partial charge in [0, 0.05) is 103 Å². The van der Waals surface area contributed by atoms with Crippen LogP contribution in [0.1, 0.15) is 76.8 Å². The lowest BCUT2D eigenvalue weighted by atomic mass is 9.84. The highest BCUT2D eigenvalue weighted by Crippen LogP contribution is 2.42. The minimum atomic E-state index is -1.10. The molecule has 0 unspecified atom stereocenters. The normalized spacial score (nSPS) is 20.8. The van der Waals surface area contributed by atoms with Crippen molar-refractivity contribution in [1.82, 2.24) is 45.0 Å². The number of thiazole rings is 1. The van der Waals surface area contributed by atoms with E-state index >= 15 is 0 Å². The van der Waals surface area contributed by atoms with Gasteiger partial charge in [-0.25, -0.2) is 15.2 Å². The molecule has 3 aliphatic heterocycles. The number of fused-ring (bicyclic) bond motifs is 6. The second kappa shape index (κ2) is 20.1. The summed E-state index contributed by atoms with van der Waals surface area (Å²) < 4.78 is 19.4. The Balaban J connectivity index is 1.25. The fourth-order valence-electron chi connectivity index (χ4n) is 9.65. The number of likely N-dealkylation sites (N-methyl/N-ethyl adjacent to an activating group) is 2. The predicted octanol–water partition coefficient (Wildman–Crippen LogP) is 4.27. The molecular formula is C49H67N9O8SSi. The molecule has 7 rings (SSSR count). The minimum absolute atomic E-state index is 0.0186. The van der Waals surface area contributed by atoms with Gasteiger partial charge in [0.05, 0.1) is 48.0 Å². The van der Waals surface area contributed by atoms with Crippen molar-refractivity contribution in [2.45, 2.75) is 103 Å². The number of nitrogens with one attached hydrogen (secondary N) is 2. The van der Waals surface area contributed by atoms with E-state index in [0.29, 0.717) is 60.7 Å². The van der Waals surface area contributed by atoms with Gasteiger partial charge in [-0.3, -0.25) is 29.2 Å². The third-order valence-electron chi connectivity index (χ3n) is 13.7. The number of benzene rings is 1. The Morgan fingerprint density at radius 3 is 2.54 bits per heavy atom. The molecule has 6 bridgehead atoms. The number of hydrazine groups is 1. The third-order valence-corrected chi connectivity index (χ3v) is 15.7. The van der Waals surface area contributed by atoms with E-state index in [9.17, 15) is 24.0 Å². The van der Waals surface area contributed by atoms with Gasteiger partial charge in [0.25, 0.3) is 11.8 Å². The van der Waals surface area contributed by atoms with Crippen LogP contribution in [0.15, 0.2) is 54.2 Å². The maximum absolute atomic E-state index is 14.8. The number of aromatic nitrogens is 3. The number of aryl methyl sites for hydroxylation is 1. The number of hydrogen-bond acceptors (Lipinski definition) is 12. The van der Waals surface area contributed by atoms with E-state index in [1.54, 1.807) is 32.3 Å². The maximum Gasteiger partial charge on any atom is 0.323 e. The van der Waals surface area contributed by atoms with Crippen molar-refractivity contribution in [2.75, 3.05) is 54.6 Å². The number of carbonyl (C=O) groups is 5. The smallest absolute Gasteiger partial charge is 0.323 e. The fraction of sp³-hybridized carbons (Fsp3) is 0.531. The number of pyridine rings is 1.